The molecule has 0 aromatic heterocycles. The Hall–Kier alpha value is -0.120. The molecule has 1 aliphatic heterocycles. The van der Waals surface area contributed by atoms with Crippen LogP contribution in [0.15, 0.2) is 0 Å². The van der Waals surface area contributed by atoms with E-state index in [1.54, 1.807) is 0 Å². The quantitative estimate of drug-likeness (QED) is 0.553. The van der Waals surface area contributed by atoms with Crippen LogP contribution in [-0.4, -0.2) is 32.3 Å². The first-order valence-corrected chi connectivity index (χ1v) is 3.40. The first kappa shape index (κ1) is 6.99. The van der Waals surface area contributed by atoms with Crippen molar-refractivity contribution in [3.05, 3.63) is 0 Å². The average molecular weight is 129 g/mol. The number of hydrogen-bond acceptors (Lipinski definition) is 2. The molecule has 0 bridgehead atoms. The molecule has 1 rings (SSSR count). The fraction of sp³-hybridized carbons (Fsp3) is 1.00. The lowest BCUT2D eigenvalue weighted by molar-refractivity contribution is 0.0249. The van der Waals surface area contributed by atoms with Gasteiger partial charge in [0.2, 0.25) is 0 Å². The third-order valence-electron chi connectivity index (χ3n) is 1.47. The number of hydrogen-bond donors (Lipinski definition) is 1. The van der Waals surface area contributed by atoms with Gasteiger partial charge in [-0.2, -0.15) is 0 Å². The van der Waals surface area contributed by atoms with Crippen LogP contribution in [0.5, 0.6) is 0 Å². The Labute approximate surface area is 55.6 Å². The van der Waals surface area contributed by atoms with Crippen LogP contribution in [0.3, 0.4) is 0 Å². The minimum Gasteiger partial charge on any atom is -0.376 e. The van der Waals surface area contributed by atoms with E-state index in [1.807, 2.05) is 0 Å². The summed E-state index contributed by atoms with van der Waals surface area (Å²) in [4.78, 5) is 0. The van der Waals surface area contributed by atoms with Crippen LogP contribution in [0, 0.1) is 0 Å². The van der Waals surface area contributed by atoms with Crippen molar-refractivity contribution in [3.8, 4) is 0 Å². The maximum atomic E-state index is 6.93. The zero-order valence-electron chi connectivity index (χ0n) is 5.52. The van der Waals surface area contributed by atoms with E-state index in [0.717, 1.165) is 26.1 Å². The van der Waals surface area contributed by atoms with E-state index < -0.39 is 0 Å². The summed E-state index contributed by atoms with van der Waals surface area (Å²) < 4.78 is 5.34. The van der Waals surface area contributed by atoms with Gasteiger partial charge in [-0.05, 0) is 6.42 Å². The van der Waals surface area contributed by atoms with E-state index in [0.29, 0.717) is 12.6 Å². The summed E-state index contributed by atoms with van der Waals surface area (Å²) in [6.07, 6.45) is 1.17. The Morgan fingerprint density at radius 3 is 3.11 bits per heavy atom. The molecule has 3 nitrogen and oxygen atoms in total. The molecule has 3 heteroatoms. The summed E-state index contributed by atoms with van der Waals surface area (Å²) >= 11 is 0. The molecule has 1 atom stereocenters. The van der Waals surface area contributed by atoms with Crippen molar-refractivity contribution in [2.45, 2.75) is 12.5 Å². The lowest BCUT2D eigenvalue weighted by Gasteiger charge is -2.22. The zero-order valence-corrected chi connectivity index (χ0v) is 5.52. The van der Waals surface area contributed by atoms with Gasteiger partial charge in [0.1, 0.15) is 0 Å². The van der Waals surface area contributed by atoms with Gasteiger partial charge >= 0.3 is 0 Å². The van der Waals surface area contributed by atoms with Gasteiger partial charge in [0, 0.05) is 19.6 Å². The van der Waals surface area contributed by atoms with E-state index >= 15 is 0 Å². The summed E-state index contributed by atoms with van der Waals surface area (Å²) in [5.41, 5.74) is 6.93. The molecule has 1 fully saturated rings. The molecule has 0 spiro atoms. The molecule has 1 unspecified atom stereocenters. The minimum atomic E-state index is 0.302. The maximum absolute atomic E-state index is 6.93. The van der Waals surface area contributed by atoms with E-state index in [2.05, 4.69) is 5.32 Å². The lowest BCUT2D eigenvalue weighted by Crippen LogP contribution is -2.38. The highest BCUT2D eigenvalue weighted by atomic mass is 16.5. The van der Waals surface area contributed by atoms with Gasteiger partial charge in [-0.25, -0.2) is 0 Å². The summed E-state index contributed by atoms with van der Waals surface area (Å²) in [5, 5.41) is 3.21. The van der Waals surface area contributed by atoms with Crippen molar-refractivity contribution in [2.75, 3.05) is 26.2 Å². The molecule has 1 aliphatic rings. The first-order chi connectivity index (χ1) is 4.43. The van der Waals surface area contributed by atoms with E-state index in [9.17, 15) is 0 Å². The van der Waals surface area contributed by atoms with Crippen molar-refractivity contribution in [1.29, 1.82) is 0 Å². The third kappa shape index (κ3) is 2.30. The molecule has 0 aromatic carbocycles. The summed E-state index contributed by atoms with van der Waals surface area (Å²) in [6.45, 7) is 3.18. The van der Waals surface area contributed by atoms with Crippen LogP contribution in [0.2, 0.25) is 0 Å². The van der Waals surface area contributed by atoms with Crippen LogP contribution in [-0.2, 0) is 4.74 Å². The van der Waals surface area contributed by atoms with Crippen molar-refractivity contribution >= 4 is 0 Å². The molecule has 2 N–H and O–H groups in total. The molecule has 1 radical (unpaired) electrons. The molecule has 9 heavy (non-hydrogen) atoms. The third-order valence-corrected chi connectivity index (χ3v) is 1.47. The van der Waals surface area contributed by atoms with Crippen LogP contribution in [0.4, 0.5) is 0 Å². The lowest BCUT2D eigenvalue weighted by atomic mass is 10.2. The van der Waals surface area contributed by atoms with Crippen molar-refractivity contribution in [3.63, 3.8) is 0 Å². The molecule has 53 valence electrons. The first-order valence-electron chi connectivity index (χ1n) is 3.40. The van der Waals surface area contributed by atoms with Gasteiger partial charge in [-0.1, -0.05) is 0 Å². The zero-order chi connectivity index (χ0) is 6.53. The molecule has 1 saturated heterocycles. The van der Waals surface area contributed by atoms with Crippen LogP contribution in [0.25, 0.3) is 0 Å². The van der Waals surface area contributed by atoms with Gasteiger partial charge in [0.25, 0.3) is 0 Å². The summed E-state index contributed by atoms with van der Waals surface area (Å²) in [7, 11) is 0. The van der Waals surface area contributed by atoms with E-state index in [1.165, 1.54) is 0 Å². The maximum Gasteiger partial charge on any atom is 0.0712 e. The average Bonchev–Trinajstić information content (AvgIpc) is 1.91. The second-order valence-corrected chi connectivity index (χ2v) is 2.24. The molecular weight excluding hydrogens is 116 g/mol. The van der Waals surface area contributed by atoms with Gasteiger partial charge in [0.15, 0.2) is 0 Å². The van der Waals surface area contributed by atoms with Crippen LogP contribution < -0.4 is 11.1 Å². The van der Waals surface area contributed by atoms with Crippen molar-refractivity contribution in [2.24, 2.45) is 0 Å². The molecule has 1 heterocycles. The van der Waals surface area contributed by atoms with Crippen LogP contribution >= 0.6 is 0 Å². The van der Waals surface area contributed by atoms with E-state index in [4.69, 9.17) is 10.5 Å². The number of nitrogens with one attached hydrogen (secondary N) is 2. The van der Waals surface area contributed by atoms with Gasteiger partial charge < -0.3 is 10.1 Å². The van der Waals surface area contributed by atoms with Gasteiger partial charge in [-0.3, -0.25) is 5.73 Å². The SMILES string of the molecule is [NH]CCC1CNCCO1. The Balaban J connectivity index is 2.08. The van der Waals surface area contributed by atoms with Gasteiger partial charge in [-0.15, -0.1) is 0 Å². The van der Waals surface area contributed by atoms with Crippen LogP contribution in [0.1, 0.15) is 6.42 Å². The second-order valence-electron chi connectivity index (χ2n) is 2.24. The Bertz CT molecular complexity index is 68.7. The fourth-order valence-electron chi connectivity index (χ4n) is 0.966. The fourth-order valence-corrected chi connectivity index (χ4v) is 0.966. The Morgan fingerprint density at radius 2 is 2.56 bits per heavy atom. The normalized spacial score (nSPS) is 28.3. The highest BCUT2D eigenvalue weighted by Crippen LogP contribution is 1.98. The van der Waals surface area contributed by atoms with E-state index in [-0.39, 0.29) is 0 Å². The molecule has 0 aromatic rings. The highest BCUT2D eigenvalue weighted by Gasteiger charge is 2.10. The van der Waals surface area contributed by atoms with Crippen molar-refractivity contribution < 1.29 is 4.74 Å². The number of rotatable bonds is 2. The minimum absolute atomic E-state index is 0.302. The number of morpholine rings is 1. The Kier molecular flexibility index (Phi) is 2.97. The molecule has 0 aliphatic carbocycles. The predicted molar refractivity (Wildman–Crippen MR) is 35.2 cm³/mol. The number of ether oxygens (including phenoxy) is 1. The molecule has 0 saturated carbocycles. The smallest absolute Gasteiger partial charge is 0.0712 e. The predicted octanol–water partition coefficient (Wildman–Crippen LogP) is -0.352. The second kappa shape index (κ2) is 3.82. The largest absolute Gasteiger partial charge is 0.376 e. The topological polar surface area (TPSA) is 45.1 Å². The summed E-state index contributed by atoms with van der Waals surface area (Å²) in [6, 6.07) is 0. The highest BCUT2D eigenvalue weighted by molar-refractivity contribution is 4.66. The monoisotopic (exact) mass is 129 g/mol. The molecule has 0 amide bonds. The summed E-state index contributed by atoms with van der Waals surface area (Å²) in [5.74, 6) is 0. The standard InChI is InChI=1S/C6H13N2O/c7-2-1-6-5-8-3-4-9-6/h6-8H,1-5H2. The van der Waals surface area contributed by atoms with Gasteiger partial charge in [0.05, 0.1) is 12.7 Å². The van der Waals surface area contributed by atoms with Crippen molar-refractivity contribution in [1.82, 2.24) is 11.1 Å². The molecular formula is C6H13N2O. The Morgan fingerprint density at radius 1 is 1.67 bits per heavy atom.